The molecule has 20 heavy (non-hydrogen) atoms. The molecule has 0 spiro atoms. The summed E-state index contributed by atoms with van der Waals surface area (Å²) in [5, 5.41) is 0. The summed E-state index contributed by atoms with van der Waals surface area (Å²) in [4.78, 5) is 9.53. The average Bonchev–Trinajstić information content (AvgIpc) is 2.75. The van der Waals surface area contributed by atoms with Crippen LogP contribution in [0.3, 0.4) is 0 Å². The highest BCUT2D eigenvalue weighted by atomic mass is 16.5. The highest BCUT2D eigenvalue weighted by Gasteiger charge is 2.20. The fraction of sp³-hybridized carbons (Fsp3) is 0.688. The molecule has 2 aliphatic rings. The maximum absolute atomic E-state index is 5.45. The van der Waals surface area contributed by atoms with Crippen LogP contribution in [0.25, 0.3) is 0 Å². The first-order valence-electron chi connectivity index (χ1n) is 7.88. The molecule has 0 bridgehead atoms. The van der Waals surface area contributed by atoms with Crippen molar-refractivity contribution in [3.8, 4) is 0 Å². The monoisotopic (exact) mass is 275 g/mol. The first-order chi connectivity index (χ1) is 9.92. The molecule has 1 aromatic heterocycles. The Balaban J connectivity index is 1.51. The Kier molecular flexibility index (Phi) is 4.87. The van der Waals surface area contributed by atoms with Crippen molar-refractivity contribution in [2.75, 3.05) is 50.8 Å². The summed E-state index contributed by atoms with van der Waals surface area (Å²) < 4.78 is 5.45. The van der Waals surface area contributed by atoms with E-state index in [1.807, 2.05) is 12.3 Å². The van der Waals surface area contributed by atoms with Crippen LogP contribution in [-0.4, -0.2) is 55.8 Å². The highest BCUT2D eigenvalue weighted by molar-refractivity contribution is 5.37. The molecule has 0 radical (unpaired) electrons. The van der Waals surface area contributed by atoms with E-state index in [2.05, 4.69) is 26.9 Å². The Hall–Kier alpha value is -1.13. The van der Waals surface area contributed by atoms with Crippen molar-refractivity contribution in [2.24, 2.45) is 5.92 Å². The third kappa shape index (κ3) is 3.70. The molecule has 0 saturated carbocycles. The van der Waals surface area contributed by atoms with Gasteiger partial charge in [-0.2, -0.15) is 0 Å². The summed E-state index contributed by atoms with van der Waals surface area (Å²) in [6.45, 7) is 7.77. The van der Waals surface area contributed by atoms with Gasteiger partial charge in [-0.15, -0.1) is 0 Å². The van der Waals surface area contributed by atoms with E-state index in [0.29, 0.717) is 0 Å². The zero-order chi connectivity index (χ0) is 13.6. The number of rotatable bonds is 3. The largest absolute Gasteiger partial charge is 0.381 e. The maximum atomic E-state index is 5.45. The molecule has 0 atom stereocenters. The Labute approximate surface area is 121 Å². The van der Waals surface area contributed by atoms with Gasteiger partial charge in [0.25, 0.3) is 0 Å². The Morgan fingerprint density at radius 2 is 2.00 bits per heavy atom. The number of hydrogen-bond donors (Lipinski definition) is 0. The molecule has 0 unspecified atom stereocenters. The zero-order valence-corrected chi connectivity index (χ0v) is 12.2. The van der Waals surface area contributed by atoms with E-state index in [0.717, 1.165) is 44.6 Å². The van der Waals surface area contributed by atoms with E-state index in [-0.39, 0.29) is 0 Å². The summed E-state index contributed by atoms with van der Waals surface area (Å²) in [5.74, 6) is 1.96. The molecule has 2 fully saturated rings. The van der Waals surface area contributed by atoms with Gasteiger partial charge in [-0.3, -0.25) is 0 Å². The number of pyridine rings is 1. The fourth-order valence-electron chi connectivity index (χ4n) is 3.22. The van der Waals surface area contributed by atoms with Crippen LogP contribution in [0.15, 0.2) is 24.4 Å². The first kappa shape index (κ1) is 13.8. The van der Waals surface area contributed by atoms with Crippen LogP contribution in [-0.2, 0) is 4.74 Å². The number of hydrogen-bond acceptors (Lipinski definition) is 4. The van der Waals surface area contributed by atoms with Gasteiger partial charge in [0.05, 0.1) is 0 Å². The second kappa shape index (κ2) is 7.04. The second-order valence-corrected chi connectivity index (χ2v) is 5.88. The summed E-state index contributed by atoms with van der Waals surface area (Å²) >= 11 is 0. The molecule has 4 heteroatoms. The van der Waals surface area contributed by atoms with Gasteiger partial charge in [-0.1, -0.05) is 6.07 Å². The van der Waals surface area contributed by atoms with Gasteiger partial charge in [-0.25, -0.2) is 4.98 Å². The minimum atomic E-state index is 0.838. The third-order valence-electron chi connectivity index (χ3n) is 4.42. The molecule has 110 valence electrons. The molecule has 0 aromatic carbocycles. The number of aromatic nitrogens is 1. The number of nitrogens with zero attached hydrogens (tertiary/aromatic N) is 3. The minimum absolute atomic E-state index is 0.838. The van der Waals surface area contributed by atoms with Gasteiger partial charge in [0.1, 0.15) is 5.82 Å². The SMILES string of the molecule is c1ccc(N2CCCN(CC3CCOCC3)CC2)nc1. The van der Waals surface area contributed by atoms with Crippen molar-refractivity contribution in [3.05, 3.63) is 24.4 Å². The quantitative estimate of drug-likeness (QED) is 0.844. The standard InChI is InChI=1S/C16H25N3O/c1-2-7-17-16(4-1)19-9-3-8-18(10-11-19)14-15-5-12-20-13-6-15/h1-2,4,7,15H,3,5-6,8-14H2. The summed E-state index contributed by atoms with van der Waals surface area (Å²) in [6, 6.07) is 6.18. The molecular weight excluding hydrogens is 250 g/mol. The molecule has 2 saturated heterocycles. The maximum Gasteiger partial charge on any atom is 0.128 e. The van der Waals surface area contributed by atoms with Crippen LogP contribution >= 0.6 is 0 Å². The van der Waals surface area contributed by atoms with Gasteiger partial charge in [-0.05, 0) is 43.9 Å². The zero-order valence-electron chi connectivity index (χ0n) is 12.2. The van der Waals surface area contributed by atoms with Gasteiger partial charge in [0.2, 0.25) is 0 Å². The van der Waals surface area contributed by atoms with Crippen LogP contribution in [0, 0.1) is 5.92 Å². The van der Waals surface area contributed by atoms with E-state index in [1.54, 1.807) is 0 Å². The molecule has 2 aliphatic heterocycles. The van der Waals surface area contributed by atoms with Crippen molar-refractivity contribution < 1.29 is 4.74 Å². The van der Waals surface area contributed by atoms with E-state index in [4.69, 9.17) is 4.74 Å². The predicted molar refractivity (Wildman–Crippen MR) is 81.1 cm³/mol. The lowest BCUT2D eigenvalue weighted by Crippen LogP contribution is -2.35. The lowest BCUT2D eigenvalue weighted by molar-refractivity contribution is 0.0534. The molecule has 3 rings (SSSR count). The number of ether oxygens (including phenoxy) is 1. The van der Waals surface area contributed by atoms with Crippen LogP contribution in [0.5, 0.6) is 0 Å². The van der Waals surface area contributed by atoms with Crippen molar-refractivity contribution in [3.63, 3.8) is 0 Å². The van der Waals surface area contributed by atoms with Gasteiger partial charge in [0.15, 0.2) is 0 Å². The van der Waals surface area contributed by atoms with E-state index >= 15 is 0 Å². The molecule has 4 nitrogen and oxygen atoms in total. The van der Waals surface area contributed by atoms with Crippen LogP contribution in [0.4, 0.5) is 5.82 Å². The molecule has 0 aliphatic carbocycles. The third-order valence-corrected chi connectivity index (χ3v) is 4.42. The Morgan fingerprint density at radius 3 is 2.80 bits per heavy atom. The molecule has 1 aromatic rings. The van der Waals surface area contributed by atoms with E-state index in [9.17, 15) is 0 Å². The summed E-state index contributed by atoms with van der Waals surface area (Å²) in [7, 11) is 0. The normalized spacial score (nSPS) is 22.7. The van der Waals surface area contributed by atoms with Crippen molar-refractivity contribution in [1.82, 2.24) is 9.88 Å². The van der Waals surface area contributed by atoms with Gasteiger partial charge >= 0.3 is 0 Å². The topological polar surface area (TPSA) is 28.6 Å². The van der Waals surface area contributed by atoms with Crippen molar-refractivity contribution in [1.29, 1.82) is 0 Å². The van der Waals surface area contributed by atoms with Crippen LogP contribution in [0.2, 0.25) is 0 Å². The smallest absolute Gasteiger partial charge is 0.128 e. The minimum Gasteiger partial charge on any atom is -0.381 e. The lowest BCUT2D eigenvalue weighted by Gasteiger charge is -2.29. The predicted octanol–water partition coefficient (Wildman–Crippen LogP) is 2.02. The molecule has 0 amide bonds. The average molecular weight is 275 g/mol. The number of anilines is 1. The first-order valence-corrected chi connectivity index (χ1v) is 7.88. The van der Waals surface area contributed by atoms with E-state index < -0.39 is 0 Å². The van der Waals surface area contributed by atoms with Crippen LogP contribution < -0.4 is 4.90 Å². The highest BCUT2D eigenvalue weighted by Crippen LogP contribution is 2.18. The molecule has 0 N–H and O–H groups in total. The second-order valence-electron chi connectivity index (χ2n) is 5.88. The Bertz CT molecular complexity index is 392. The van der Waals surface area contributed by atoms with Gasteiger partial charge in [0, 0.05) is 45.6 Å². The Morgan fingerprint density at radius 1 is 1.10 bits per heavy atom. The molecular formula is C16H25N3O. The lowest BCUT2D eigenvalue weighted by atomic mass is 10.00. The summed E-state index contributed by atoms with van der Waals surface area (Å²) in [5.41, 5.74) is 0. The van der Waals surface area contributed by atoms with E-state index in [1.165, 1.54) is 32.4 Å². The molecule has 3 heterocycles. The fourth-order valence-corrected chi connectivity index (χ4v) is 3.22. The van der Waals surface area contributed by atoms with Crippen molar-refractivity contribution >= 4 is 5.82 Å². The summed E-state index contributed by atoms with van der Waals surface area (Å²) in [6.07, 6.45) is 5.60. The van der Waals surface area contributed by atoms with Gasteiger partial charge < -0.3 is 14.5 Å². The van der Waals surface area contributed by atoms with Crippen LogP contribution in [0.1, 0.15) is 19.3 Å². The van der Waals surface area contributed by atoms with Crippen molar-refractivity contribution in [2.45, 2.75) is 19.3 Å².